The van der Waals surface area contributed by atoms with E-state index in [0.29, 0.717) is 19.7 Å². The summed E-state index contributed by atoms with van der Waals surface area (Å²) < 4.78 is 16.4. The van der Waals surface area contributed by atoms with Crippen molar-refractivity contribution in [1.29, 1.82) is 0 Å². The van der Waals surface area contributed by atoms with Gasteiger partial charge in [-0.25, -0.2) is 4.79 Å². The second-order valence-corrected chi connectivity index (χ2v) is 10.3. The molecule has 200 valence electrons. The molecule has 2 aliphatic rings. The number of carbonyl (C=O) groups is 1. The number of benzene rings is 2. The van der Waals surface area contributed by atoms with Crippen molar-refractivity contribution in [2.75, 3.05) is 47.6 Å². The third-order valence-electron chi connectivity index (χ3n) is 7.81. The van der Waals surface area contributed by atoms with Crippen LogP contribution in [-0.2, 0) is 17.8 Å². The van der Waals surface area contributed by atoms with Crippen LogP contribution in [0.25, 0.3) is 0 Å². The molecule has 2 aromatic rings. The Morgan fingerprint density at radius 3 is 2.19 bits per heavy atom. The fourth-order valence-corrected chi connectivity index (χ4v) is 5.96. The number of hydrogen-bond acceptors (Lipinski definition) is 5. The van der Waals surface area contributed by atoms with Gasteiger partial charge in [0.05, 0.1) is 32.4 Å². The highest BCUT2D eigenvalue weighted by molar-refractivity contribution is 5.79. The summed E-state index contributed by atoms with van der Waals surface area (Å²) in [5, 5.41) is 0. The Morgan fingerprint density at radius 1 is 0.973 bits per heavy atom. The lowest BCUT2D eigenvalue weighted by atomic mass is 9.77. The van der Waals surface area contributed by atoms with Crippen LogP contribution in [-0.4, -0.2) is 79.9 Å². The number of hydrogen-bond donors (Lipinski definition) is 0. The smallest absolute Gasteiger partial charge is 0.321 e. The van der Waals surface area contributed by atoms with Crippen molar-refractivity contribution in [2.24, 2.45) is 0 Å². The summed E-state index contributed by atoms with van der Waals surface area (Å²) in [6.45, 7) is 10.7. The number of nitrogens with zero attached hydrogens (tertiary/aromatic N) is 3. The van der Waals surface area contributed by atoms with Crippen LogP contribution in [0.5, 0.6) is 11.5 Å². The number of amides is 2. The highest BCUT2D eigenvalue weighted by Crippen LogP contribution is 2.44. The van der Waals surface area contributed by atoms with E-state index in [4.69, 9.17) is 14.2 Å². The third kappa shape index (κ3) is 5.94. The summed E-state index contributed by atoms with van der Waals surface area (Å²) in [6.07, 6.45) is 2.62. The van der Waals surface area contributed by atoms with Crippen LogP contribution in [0, 0.1) is 0 Å². The molecule has 1 unspecified atom stereocenters. The van der Waals surface area contributed by atoms with E-state index in [1.54, 1.807) is 21.3 Å². The van der Waals surface area contributed by atoms with Gasteiger partial charge in [0.2, 0.25) is 0 Å². The topological polar surface area (TPSA) is 54.5 Å². The summed E-state index contributed by atoms with van der Waals surface area (Å²) in [5.74, 6) is 1.60. The van der Waals surface area contributed by atoms with Gasteiger partial charge in [0.1, 0.15) is 11.5 Å². The van der Waals surface area contributed by atoms with Crippen molar-refractivity contribution in [3.63, 3.8) is 0 Å². The largest absolute Gasteiger partial charge is 0.497 e. The second kappa shape index (κ2) is 12.0. The summed E-state index contributed by atoms with van der Waals surface area (Å²) in [6, 6.07) is 16.5. The van der Waals surface area contributed by atoms with E-state index >= 15 is 0 Å². The number of ether oxygens (including phenoxy) is 3. The molecule has 2 amide bonds. The van der Waals surface area contributed by atoms with Crippen molar-refractivity contribution in [3.8, 4) is 11.5 Å². The maximum atomic E-state index is 13.9. The molecule has 2 aliphatic heterocycles. The summed E-state index contributed by atoms with van der Waals surface area (Å²) in [5.41, 5.74) is 3.17. The minimum atomic E-state index is -0.244. The molecular formula is C30H41N3O4. The van der Waals surface area contributed by atoms with Gasteiger partial charge in [-0.2, -0.15) is 0 Å². The SMILES string of the molecule is C=C(C)CC1N(Cc2ccccc2)C(=O)N(CCOC)C12CCN(Cc1cc(OC)cc(OC)c1)CC2. The number of methoxy groups -OCH3 is 3. The van der Waals surface area contributed by atoms with Crippen LogP contribution < -0.4 is 9.47 Å². The fraction of sp³-hybridized carbons (Fsp3) is 0.500. The Balaban J connectivity index is 1.58. The molecule has 0 aromatic heterocycles. The molecule has 7 nitrogen and oxygen atoms in total. The van der Waals surface area contributed by atoms with Crippen LogP contribution in [0.2, 0.25) is 0 Å². The van der Waals surface area contributed by atoms with Gasteiger partial charge in [0.25, 0.3) is 0 Å². The minimum absolute atomic E-state index is 0.0774. The Labute approximate surface area is 221 Å². The molecule has 0 N–H and O–H groups in total. The van der Waals surface area contributed by atoms with E-state index in [0.717, 1.165) is 67.1 Å². The average Bonchev–Trinajstić information content (AvgIpc) is 3.10. The van der Waals surface area contributed by atoms with Gasteiger partial charge in [-0.3, -0.25) is 4.90 Å². The first-order valence-corrected chi connectivity index (χ1v) is 13.1. The zero-order valence-corrected chi connectivity index (χ0v) is 22.7. The molecule has 2 fully saturated rings. The zero-order chi connectivity index (χ0) is 26.4. The molecule has 0 aliphatic carbocycles. The number of rotatable bonds is 11. The quantitative estimate of drug-likeness (QED) is 0.403. The summed E-state index contributed by atoms with van der Waals surface area (Å²) in [7, 11) is 5.06. The van der Waals surface area contributed by atoms with Gasteiger partial charge in [-0.1, -0.05) is 35.9 Å². The maximum absolute atomic E-state index is 13.9. The highest BCUT2D eigenvalue weighted by Gasteiger charge is 2.57. The van der Waals surface area contributed by atoms with Crippen LogP contribution in [0.4, 0.5) is 4.79 Å². The molecular weight excluding hydrogens is 466 g/mol. The third-order valence-corrected chi connectivity index (χ3v) is 7.81. The molecule has 1 atom stereocenters. The number of piperidine rings is 1. The first-order chi connectivity index (χ1) is 17.9. The molecule has 2 saturated heterocycles. The van der Waals surface area contributed by atoms with E-state index in [1.165, 1.54) is 0 Å². The predicted octanol–water partition coefficient (Wildman–Crippen LogP) is 4.96. The lowest BCUT2D eigenvalue weighted by molar-refractivity contribution is 0.0324. The molecule has 2 heterocycles. The molecule has 0 saturated carbocycles. The van der Waals surface area contributed by atoms with Crippen molar-refractivity contribution < 1.29 is 19.0 Å². The average molecular weight is 508 g/mol. The second-order valence-electron chi connectivity index (χ2n) is 10.3. The van der Waals surface area contributed by atoms with E-state index in [2.05, 4.69) is 52.5 Å². The molecule has 1 spiro atoms. The van der Waals surface area contributed by atoms with Gasteiger partial charge in [-0.15, -0.1) is 6.58 Å². The van der Waals surface area contributed by atoms with Gasteiger partial charge < -0.3 is 24.0 Å². The monoisotopic (exact) mass is 507 g/mol. The van der Waals surface area contributed by atoms with Crippen molar-refractivity contribution in [1.82, 2.24) is 14.7 Å². The fourth-order valence-electron chi connectivity index (χ4n) is 5.96. The van der Waals surface area contributed by atoms with Crippen LogP contribution in [0.1, 0.15) is 37.3 Å². The van der Waals surface area contributed by atoms with E-state index in [-0.39, 0.29) is 17.6 Å². The molecule has 37 heavy (non-hydrogen) atoms. The number of carbonyl (C=O) groups excluding carboxylic acids is 1. The summed E-state index contributed by atoms with van der Waals surface area (Å²) in [4.78, 5) is 20.6. The van der Waals surface area contributed by atoms with Crippen molar-refractivity contribution in [2.45, 2.75) is 50.9 Å². The Bertz CT molecular complexity index is 1040. The standard InChI is InChI=1S/C30H41N3O4/c1-23(2)17-28-30(33(15-16-35-3)29(34)32(28)22-24-9-7-6-8-10-24)11-13-31(14-12-30)21-25-18-26(36-4)20-27(19-25)37-5/h6-10,18-20,28H,1,11-17,21-22H2,2-5H3. The number of urea groups is 1. The van der Waals surface area contributed by atoms with Crippen LogP contribution in [0.15, 0.2) is 60.7 Å². The van der Waals surface area contributed by atoms with Gasteiger partial charge in [-0.05, 0) is 49.4 Å². The van der Waals surface area contributed by atoms with E-state index in [1.807, 2.05) is 24.3 Å². The predicted molar refractivity (Wildman–Crippen MR) is 146 cm³/mol. The molecule has 0 bridgehead atoms. The Kier molecular flexibility index (Phi) is 8.77. The Hall–Kier alpha value is -3.03. The molecule has 2 aromatic carbocycles. The maximum Gasteiger partial charge on any atom is 0.321 e. The first-order valence-electron chi connectivity index (χ1n) is 13.1. The van der Waals surface area contributed by atoms with Crippen LogP contribution >= 0.6 is 0 Å². The van der Waals surface area contributed by atoms with Crippen molar-refractivity contribution in [3.05, 3.63) is 71.8 Å². The minimum Gasteiger partial charge on any atom is -0.497 e. The normalized spacial score (nSPS) is 19.5. The van der Waals surface area contributed by atoms with E-state index < -0.39 is 0 Å². The molecule has 0 radical (unpaired) electrons. The first kappa shape index (κ1) is 27.0. The van der Waals surface area contributed by atoms with Crippen LogP contribution in [0.3, 0.4) is 0 Å². The lowest BCUT2D eigenvalue weighted by Crippen LogP contribution is -2.58. The lowest BCUT2D eigenvalue weighted by Gasteiger charge is -2.47. The molecule has 7 heteroatoms. The summed E-state index contributed by atoms with van der Waals surface area (Å²) >= 11 is 0. The molecule has 4 rings (SSSR count). The highest BCUT2D eigenvalue weighted by atomic mass is 16.5. The van der Waals surface area contributed by atoms with Gasteiger partial charge in [0.15, 0.2) is 0 Å². The number of likely N-dealkylation sites (tertiary alicyclic amines) is 1. The van der Waals surface area contributed by atoms with Gasteiger partial charge >= 0.3 is 6.03 Å². The van der Waals surface area contributed by atoms with Crippen molar-refractivity contribution >= 4 is 6.03 Å². The van der Waals surface area contributed by atoms with E-state index in [9.17, 15) is 4.79 Å². The zero-order valence-electron chi connectivity index (χ0n) is 22.7. The Morgan fingerprint density at radius 2 is 1.62 bits per heavy atom. The van der Waals surface area contributed by atoms with Gasteiger partial charge in [0, 0.05) is 45.9 Å².